The van der Waals surface area contributed by atoms with Gasteiger partial charge in [0.25, 0.3) is 5.91 Å². The van der Waals surface area contributed by atoms with E-state index in [4.69, 9.17) is 9.15 Å². The number of ether oxygens (including phenoxy) is 1. The molecule has 41 heavy (non-hydrogen) atoms. The number of carbonyl (C=O) groups is 2. The van der Waals surface area contributed by atoms with Gasteiger partial charge in [0.05, 0.1) is 12.2 Å². The van der Waals surface area contributed by atoms with E-state index < -0.39 is 41.7 Å². The van der Waals surface area contributed by atoms with E-state index in [-0.39, 0.29) is 24.7 Å². The van der Waals surface area contributed by atoms with Gasteiger partial charge in [0.2, 0.25) is 11.8 Å². The third-order valence-electron chi connectivity index (χ3n) is 8.24. The molecule has 2 fully saturated rings. The molecule has 2 aliphatic carbocycles. The maximum Gasteiger partial charge on any atom is 0.287 e. The molecule has 0 bridgehead atoms. The number of hydrogen-bond acceptors (Lipinski definition) is 5. The number of nitriles is 1. The Kier molecular flexibility index (Phi) is 7.78. The topological polar surface area (TPSA) is 104 Å². The smallest absolute Gasteiger partial charge is 0.287 e. The lowest BCUT2D eigenvalue weighted by Gasteiger charge is -2.39. The molecule has 7 nitrogen and oxygen atoms in total. The predicted molar refractivity (Wildman–Crippen MR) is 151 cm³/mol. The van der Waals surface area contributed by atoms with Gasteiger partial charge in [0, 0.05) is 18.2 Å². The highest BCUT2D eigenvalue weighted by Gasteiger charge is 2.53. The number of amides is 2. The fraction of sp³-hybridized carbons (Fsp3) is 0.469. The summed E-state index contributed by atoms with van der Waals surface area (Å²) >= 11 is 0. The van der Waals surface area contributed by atoms with Gasteiger partial charge in [-0.1, -0.05) is 44.5 Å². The van der Waals surface area contributed by atoms with Gasteiger partial charge in [-0.05, 0) is 73.9 Å². The molecule has 0 aliphatic heterocycles. The lowest BCUT2D eigenvalue weighted by molar-refractivity contribution is -0.133. The van der Waals surface area contributed by atoms with Gasteiger partial charge in [-0.25, -0.2) is 8.78 Å². The monoisotopic (exact) mass is 563 g/mol. The highest BCUT2D eigenvalue weighted by atomic mass is 19.3. The van der Waals surface area contributed by atoms with Crippen molar-refractivity contribution in [1.82, 2.24) is 10.6 Å². The lowest BCUT2D eigenvalue weighted by Crippen LogP contribution is -2.62. The number of alkyl halides is 2. The van der Waals surface area contributed by atoms with Crippen molar-refractivity contribution in [2.75, 3.05) is 0 Å². The Balaban J connectivity index is 1.33. The number of halogens is 2. The molecule has 1 heterocycles. The van der Waals surface area contributed by atoms with E-state index >= 15 is 0 Å². The molecular weight excluding hydrogens is 528 g/mol. The first-order chi connectivity index (χ1) is 19.6. The standard InChI is InChI=1S/C32H35F2N3O4/c1-3-5-24(4-2)40-25-10-8-21(9-11-25)22-6-7-23-19-27(41-26(23)18-22)28(38)36-31(14-16-32(33,34)17-15-31)29(39)37-30(20-35)12-13-30/h6-11,18-19,24H,3-5,12-17H2,1-2H3,(H,36,38)(H,37,39). The summed E-state index contributed by atoms with van der Waals surface area (Å²) in [5.41, 5.74) is -0.204. The quantitative estimate of drug-likeness (QED) is 0.279. The lowest BCUT2D eigenvalue weighted by atomic mass is 9.78. The fourth-order valence-corrected chi connectivity index (χ4v) is 5.37. The first kappa shape index (κ1) is 28.6. The van der Waals surface area contributed by atoms with Crippen molar-refractivity contribution >= 4 is 22.8 Å². The molecule has 2 amide bonds. The Morgan fingerprint density at radius 2 is 1.66 bits per heavy atom. The second kappa shape index (κ2) is 11.2. The number of rotatable bonds is 10. The minimum absolute atomic E-state index is 0.0200. The highest BCUT2D eigenvalue weighted by molar-refractivity contribution is 6.00. The van der Waals surface area contributed by atoms with Crippen molar-refractivity contribution in [3.8, 4) is 22.9 Å². The Morgan fingerprint density at radius 3 is 2.27 bits per heavy atom. The van der Waals surface area contributed by atoms with Crippen molar-refractivity contribution < 1.29 is 27.5 Å². The molecule has 0 radical (unpaired) electrons. The van der Waals surface area contributed by atoms with Crippen LogP contribution in [0.2, 0.25) is 0 Å². The number of nitrogens with one attached hydrogen (secondary N) is 2. The van der Waals surface area contributed by atoms with E-state index in [1.54, 1.807) is 6.07 Å². The molecule has 2 saturated carbocycles. The van der Waals surface area contributed by atoms with Gasteiger partial charge in [0.1, 0.15) is 22.4 Å². The summed E-state index contributed by atoms with van der Waals surface area (Å²) in [6.07, 6.45) is 2.64. The molecule has 3 aromatic rings. The van der Waals surface area contributed by atoms with Crippen LogP contribution in [0, 0.1) is 11.3 Å². The van der Waals surface area contributed by atoms with Gasteiger partial charge in [-0.15, -0.1) is 0 Å². The minimum Gasteiger partial charge on any atom is -0.490 e. The van der Waals surface area contributed by atoms with E-state index in [0.717, 1.165) is 36.1 Å². The molecule has 1 atom stereocenters. The average molecular weight is 564 g/mol. The normalized spacial score (nSPS) is 19.1. The van der Waals surface area contributed by atoms with E-state index in [9.17, 15) is 23.6 Å². The zero-order chi connectivity index (χ0) is 29.3. The van der Waals surface area contributed by atoms with Crippen molar-refractivity contribution in [3.05, 3.63) is 54.3 Å². The summed E-state index contributed by atoms with van der Waals surface area (Å²) in [6, 6.07) is 17.1. The number of fused-ring (bicyclic) bond motifs is 1. The largest absolute Gasteiger partial charge is 0.490 e. The van der Waals surface area contributed by atoms with Crippen LogP contribution in [0.1, 0.15) is 82.2 Å². The molecule has 5 rings (SSSR count). The van der Waals surface area contributed by atoms with Crippen molar-refractivity contribution in [1.29, 1.82) is 5.26 Å². The SMILES string of the molecule is CCCC(CC)Oc1ccc(-c2ccc3cc(C(=O)NC4(C(=O)NC5(C#N)CC5)CCC(F)(F)CC4)oc3c2)cc1. The zero-order valence-corrected chi connectivity index (χ0v) is 23.4. The highest BCUT2D eigenvalue weighted by Crippen LogP contribution is 2.41. The van der Waals surface area contributed by atoms with E-state index in [0.29, 0.717) is 23.8 Å². The van der Waals surface area contributed by atoms with Crippen LogP contribution in [0.4, 0.5) is 8.78 Å². The number of hydrogen-bond donors (Lipinski definition) is 2. The van der Waals surface area contributed by atoms with Crippen LogP contribution in [-0.4, -0.2) is 34.9 Å². The molecule has 1 aromatic heterocycles. The van der Waals surface area contributed by atoms with Crippen LogP contribution in [-0.2, 0) is 4.79 Å². The van der Waals surface area contributed by atoms with Crippen LogP contribution >= 0.6 is 0 Å². The Morgan fingerprint density at radius 1 is 0.976 bits per heavy atom. The Hall–Kier alpha value is -3.93. The molecule has 2 aromatic carbocycles. The molecule has 0 spiro atoms. The summed E-state index contributed by atoms with van der Waals surface area (Å²) in [5.74, 6) is -3.38. The van der Waals surface area contributed by atoms with Crippen LogP contribution in [0.5, 0.6) is 5.75 Å². The maximum atomic E-state index is 14.0. The van der Waals surface area contributed by atoms with Gasteiger partial charge >= 0.3 is 0 Å². The van der Waals surface area contributed by atoms with Crippen LogP contribution in [0.3, 0.4) is 0 Å². The Labute approximate surface area is 238 Å². The van der Waals surface area contributed by atoms with Crippen molar-refractivity contribution in [2.45, 2.75) is 94.7 Å². The molecule has 9 heteroatoms. The minimum atomic E-state index is -2.91. The summed E-state index contributed by atoms with van der Waals surface area (Å²) < 4.78 is 40.0. The van der Waals surface area contributed by atoms with Gasteiger partial charge in [0.15, 0.2) is 5.76 Å². The first-order valence-electron chi connectivity index (χ1n) is 14.3. The zero-order valence-electron chi connectivity index (χ0n) is 23.4. The molecule has 2 aliphatic rings. The number of benzene rings is 2. The van der Waals surface area contributed by atoms with Crippen LogP contribution in [0.15, 0.2) is 52.9 Å². The Bertz CT molecular complexity index is 1460. The number of carbonyl (C=O) groups excluding carboxylic acids is 2. The van der Waals surface area contributed by atoms with Gasteiger partial charge in [-0.3, -0.25) is 9.59 Å². The molecule has 2 N–H and O–H groups in total. The maximum absolute atomic E-state index is 14.0. The molecule has 0 saturated heterocycles. The number of furan rings is 1. The molecule has 1 unspecified atom stereocenters. The second-order valence-electron chi connectivity index (χ2n) is 11.4. The second-order valence-corrected chi connectivity index (χ2v) is 11.4. The van der Waals surface area contributed by atoms with Gasteiger partial charge < -0.3 is 19.8 Å². The third kappa shape index (κ3) is 6.22. The van der Waals surface area contributed by atoms with E-state index in [1.165, 1.54) is 0 Å². The van der Waals surface area contributed by atoms with E-state index in [1.807, 2.05) is 42.5 Å². The van der Waals surface area contributed by atoms with Crippen molar-refractivity contribution in [3.63, 3.8) is 0 Å². The van der Waals surface area contributed by atoms with Gasteiger partial charge in [-0.2, -0.15) is 5.26 Å². The summed E-state index contributed by atoms with van der Waals surface area (Å²) in [4.78, 5) is 26.6. The van der Waals surface area contributed by atoms with Crippen LogP contribution < -0.4 is 15.4 Å². The predicted octanol–water partition coefficient (Wildman–Crippen LogP) is 6.91. The summed E-state index contributed by atoms with van der Waals surface area (Å²) in [5, 5.41) is 15.5. The number of nitrogens with zero attached hydrogens (tertiary/aromatic N) is 1. The molecular formula is C32H35F2N3O4. The van der Waals surface area contributed by atoms with Crippen molar-refractivity contribution in [2.24, 2.45) is 0 Å². The van der Waals surface area contributed by atoms with E-state index in [2.05, 4.69) is 30.6 Å². The third-order valence-corrected chi connectivity index (χ3v) is 8.24. The average Bonchev–Trinajstić information content (AvgIpc) is 3.61. The van der Waals surface area contributed by atoms with Crippen LogP contribution in [0.25, 0.3) is 22.1 Å². The molecule has 216 valence electrons. The fourth-order valence-electron chi connectivity index (χ4n) is 5.37. The first-order valence-corrected chi connectivity index (χ1v) is 14.3. The summed E-state index contributed by atoms with van der Waals surface area (Å²) in [7, 11) is 0. The summed E-state index contributed by atoms with van der Waals surface area (Å²) in [6.45, 7) is 4.25.